The van der Waals surface area contributed by atoms with E-state index in [0.29, 0.717) is 0 Å². The maximum absolute atomic E-state index is 3.21. The smallest absolute Gasteiger partial charge is 0.0489 e. The summed E-state index contributed by atoms with van der Waals surface area (Å²) in [5.74, 6) is 0. The molecule has 1 N–H and O–H groups in total. The molecule has 1 heteroatoms. The molecule has 2 aromatic rings. The first-order chi connectivity index (χ1) is 5.42. The zero-order valence-corrected chi connectivity index (χ0v) is 6.46. The molecule has 0 amide bonds. The molecule has 0 unspecified atom stereocenters. The van der Waals surface area contributed by atoms with Gasteiger partial charge in [-0.2, -0.15) is 0 Å². The van der Waals surface area contributed by atoms with Gasteiger partial charge in [0.05, 0.1) is 0 Å². The van der Waals surface area contributed by atoms with Crippen molar-refractivity contribution in [2.75, 3.05) is 0 Å². The van der Waals surface area contributed by atoms with Crippen LogP contribution in [0, 0.1) is 6.42 Å². The predicted octanol–water partition coefficient (Wildman–Crippen LogP) is 2.74. The molecule has 11 heavy (non-hydrogen) atoms. The minimum Gasteiger partial charge on any atom is -0.361 e. The van der Waals surface area contributed by atoms with Crippen LogP contribution in [0.5, 0.6) is 0 Å². The fraction of sp³-hybridized carbons (Fsp3) is 0.100. The summed E-state index contributed by atoms with van der Waals surface area (Å²) in [7, 11) is 0. The Morgan fingerprint density at radius 1 is 1.27 bits per heavy atom. The Hall–Kier alpha value is -1.24. The van der Waals surface area contributed by atoms with Crippen molar-refractivity contribution >= 4 is 10.9 Å². The van der Waals surface area contributed by atoms with Crippen molar-refractivity contribution in [2.45, 2.75) is 6.92 Å². The third-order valence-corrected chi connectivity index (χ3v) is 1.93. The zero-order chi connectivity index (χ0) is 7.68. The van der Waals surface area contributed by atoms with E-state index in [1.807, 2.05) is 6.20 Å². The molecule has 0 atom stereocenters. The maximum Gasteiger partial charge on any atom is 0.0489 e. The van der Waals surface area contributed by atoms with Crippen molar-refractivity contribution in [3.8, 4) is 0 Å². The zero-order valence-electron chi connectivity index (χ0n) is 6.46. The Bertz CT molecular complexity index is 360. The van der Waals surface area contributed by atoms with Gasteiger partial charge in [-0.3, -0.25) is 0 Å². The number of para-hydroxylation sites is 1. The molecule has 0 saturated heterocycles. The van der Waals surface area contributed by atoms with Crippen molar-refractivity contribution in [3.05, 3.63) is 42.4 Å². The number of H-pyrrole nitrogens is 1. The normalized spacial score (nSPS) is 10.6. The van der Waals surface area contributed by atoms with Gasteiger partial charge >= 0.3 is 0 Å². The van der Waals surface area contributed by atoms with E-state index in [4.69, 9.17) is 0 Å². The number of fused-ring (bicyclic) bond motifs is 1. The number of hydrogen-bond donors (Lipinski definition) is 1. The van der Waals surface area contributed by atoms with Gasteiger partial charge in [0.1, 0.15) is 0 Å². The van der Waals surface area contributed by atoms with Gasteiger partial charge in [-0.15, -0.1) is 0 Å². The molecule has 0 aliphatic heterocycles. The van der Waals surface area contributed by atoms with Gasteiger partial charge in [-0.1, -0.05) is 25.1 Å². The molecule has 1 nitrogen and oxygen atoms in total. The summed E-state index contributed by atoms with van der Waals surface area (Å²) >= 11 is 0. The van der Waals surface area contributed by atoms with Crippen molar-refractivity contribution in [3.63, 3.8) is 0 Å². The largest absolute Gasteiger partial charge is 0.361 e. The van der Waals surface area contributed by atoms with Crippen LogP contribution < -0.4 is 0 Å². The standard InChI is InChI=1S/C10H10N/c1-2-8-4-3-5-9-6-7-11-10(8)9/h2-7,11H,1H3. The Labute approximate surface area is 66.1 Å². The first-order valence-corrected chi connectivity index (χ1v) is 3.77. The minimum absolute atomic E-state index is 1.23. The molecule has 1 aromatic carbocycles. The molecule has 0 bridgehead atoms. The van der Waals surface area contributed by atoms with Gasteiger partial charge < -0.3 is 4.98 Å². The number of aromatic nitrogens is 1. The van der Waals surface area contributed by atoms with Gasteiger partial charge in [-0.25, -0.2) is 0 Å². The number of rotatable bonds is 1. The van der Waals surface area contributed by atoms with Crippen LogP contribution in [0.25, 0.3) is 10.9 Å². The van der Waals surface area contributed by atoms with Crippen LogP contribution in [-0.2, 0) is 0 Å². The van der Waals surface area contributed by atoms with Gasteiger partial charge in [0.15, 0.2) is 0 Å². The van der Waals surface area contributed by atoms with E-state index in [9.17, 15) is 0 Å². The van der Waals surface area contributed by atoms with Crippen molar-refractivity contribution in [1.82, 2.24) is 4.98 Å². The van der Waals surface area contributed by atoms with Crippen LogP contribution in [0.3, 0.4) is 0 Å². The topological polar surface area (TPSA) is 15.8 Å². The number of aromatic amines is 1. The maximum atomic E-state index is 3.21. The lowest BCUT2D eigenvalue weighted by Crippen LogP contribution is -1.78. The van der Waals surface area contributed by atoms with Gasteiger partial charge in [0, 0.05) is 11.7 Å². The van der Waals surface area contributed by atoms with Crippen LogP contribution in [0.2, 0.25) is 0 Å². The third kappa shape index (κ3) is 0.929. The van der Waals surface area contributed by atoms with Gasteiger partial charge in [0.2, 0.25) is 0 Å². The lowest BCUT2D eigenvalue weighted by molar-refractivity contribution is 1.40. The average Bonchev–Trinajstić information content (AvgIpc) is 2.50. The second kappa shape index (κ2) is 2.42. The Morgan fingerprint density at radius 2 is 2.18 bits per heavy atom. The summed E-state index contributed by atoms with van der Waals surface area (Å²) in [6.07, 6.45) is 4.08. The monoisotopic (exact) mass is 144 g/mol. The first-order valence-electron chi connectivity index (χ1n) is 3.77. The Kier molecular flexibility index (Phi) is 1.42. The highest BCUT2D eigenvalue weighted by atomic mass is 14.7. The summed E-state index contributed by atoms with van der Waals surface area (Å²) in [5, 5.41) is 1.28. The fourth-order valence-electron chi connectivity index (χ4n) is 1.35. The molecule has 0 spiro atoms. The molecular weight excluding hydrogens is 134 g/mol. The second-order valence-corrected chi connectivity index (χ2v) is 2.58. The Morgan fingerprint density at radius 3 is 3.00 bits per heavy atom. The lowest BCUT2D eigenvalue weighted by Gasteiger charge is -1.96. The van der Waals surface area contributed by atoms with Crippen molar-refractivity contribution in [1.29, 1.82) is 0 Å². The second-order valence-electron chi connectivity index (χ2n) is 2.58. The van der Waals surface area contributed by atoms with Crippen molar-refractivity contribution < 1.29 is 0 Å². The van der Waals surface area contributed by atoms with E-state index in [-0.39, 0.29) is 0 Å². The molecule has 2 rings (SSSR count). The highest BCUT2D eigenvalue weighted by Crippen LogP contribution is 2.17. The average molecular weight is 144 g/mol. The van der Waals surface area contributed by atoms with E-state index in [2.05, 4.69) is 42.6 Å². The summed E-state index contributed by atoms with van der Waals surface area (Å²) in [6.45, 7) is 2.05. The SMILES string of the molecule is C[CH]c1cccc2cc[nH]c12. The van der Waals surface area contributed by atoms with Gasteiger partial charge in [0.25, 0.3) is 0 Å². The summed E-state index contributed by atoms with van der Waals surface area (Å²) in [5.41, 5.74) is 2.50. The molecule has 55 valence electrons. The number of benzene rings is 1. The van der Waals surface area contributed by atoms with E-state index in [1.54, 1.807) is 0 Å². The molecule has 0 aliphatic rings. The van der Waals surface area contributed by atoms with Crippen LogP contribution in [-0.4, -0.2) is 4.98 Å². The molecule has 0 saturated carbocycles. The Balaban J connectivity index is 2.79. The molecule has 0 fully saturated rings. The summed E-state index contributed by atoms with van der Waals surface area (Å²) < 4.78 is 0. The van der Waals surface area contributed by atoms with E-state index < -0.39 is 0 Å². The van der Waals surface area contributed by atoms with Crippen LogP contribution in [0.1, 0.15) is 12.5 Å². The van der Waals surface area contributed by atoms with E-state index >= 15 is 0 Å². The summed E-state index contributed by atoms with van der Waals surface area (Å²) in [4.78, 5) is 3.21. The number of hydrogen-bond acceptors (Lipinski definition) is 0. The quantitative estimate of drug-likeness (QED) is 0.633. The highest BCUT2D eigenvalue weighted by molar-refractivity contribution is 5.83. The van der Waals surface area contributed by atoms with E-state index in [0.717, 1.165) is 0 Å². The molecule has 1 heterocycles. The van der Waals surface area contributed by atoms with Crippen LogP contribution in [0.15, 0.2) is 30.5 Å². The van der Waals surface area contributed by atoms with Gasteiger partial charge in [-0.05, 0) is 23.4 Å². The van der Waals surface area contributed by atoms with Crippen LogP contribution in [0.4, 0.5) is 0 Å². The highest BCUT2D eigenvalue weighted by Gasteiger charge is 1.97. The fourth-order valence-corrected chi connectivity index (χ4v) is 1.35. The molecule has 1 radical (unpaired) electrons. The lowest BCUT2D eigenvalue weighted by atomic mass is 10.1. The third-order valence-electron chi connectivity index (χ3n) is 1.93. The first kappa shape index (κ1) is 6.47. The molecular formula is C10H10N. The predicted molar refractivity (Wildman–Crippen MR) is 47.4 cm³/mol. The number of nitrogens with one attached hydrogen (secondary N) is 1. The van der Waals surface area contributed by atoms with Crippen molar-refractivity contribution in [2.24, 2.45) is 0 Å². The van der Waals surface area contributed by atoms with Crippen LogP contribution >= 0.6 is 0 Å². The minimum atomic E-state index is 1.23. The summed E-state index contributed by atoms with van der Waals surface area (Å²) in [6, 6.07) is 8.38. The molecule has 1 aromatic heterocycles. The molecule has 0 aliphatic carbocycles. The van der Waals surface area contributed by atoms with E-state index in [1.165, 1.54) is 16.5 Å².